The van der Waals surface area contributed by atoms with E-state index in [0.717, 1.165) is 42.4 Å². The van der Waals surface area contributed by atoms with Crippen LogP contribution in [0.15, 0.2) is 48.5 Å². The molecule has 30 heavy (non-hydrogen) atoms. The van der Waals surface area contributed by atoms with Gasteiger partial charge in [0.15, 0.2) is 0 Å². The Balaban J connectivity index is 2.09. The van der Waals surface area contributed by atoms with Crippen LogP contribution in [0.3, 0.4) is 0 Å². The number of aliphatic hydroxyl groups excluding tert-OH is 1. The molecule has 0 aliphatic heterocycles. The van der Waals surface area contributed by atoms with Gasteiger partial charge in [0.1, 0.15) is 0 Å². The van der Waals surface area contributed by atoms with Crippen LogP contribution in [0.5, 0.6) is 0 Å². The van der Waals surface area contributed by atoms with Crippen LogP contribution >= 0.6 is 0 Å². The Kier molecular flexibility index (Phi) is 9.02. The van der Waals surface area contributed by atoms with Crippen molar-refractivity contribution in [2.24, 2.45) is 0 Å². The third kappa shape index (κ3) is 7.89. The van der Waals surface area contributed by atoms with Gasteiger partial charge >= 0.3 is 5.97 Å². The number of carboxylic acid groups (broad SMARTS) is 1. The second-order valence-corrected chi connectivity index (χ2v) is 9.66. The van der Waals surface area contributed by atoms with Crippen LogP contribution in [-0.2, 0) is 34.3 Å². The molecule has 0 radical (unpaired) electrons. The molecular weight excluding hydrogens is 402 g/mol. The summed E-state index contributed by atoms with van der Waals surface area (Å²) < 4.78 is 26.0. The molecule has 0 aliphatic carbocycles. The monoisotopic (exact) mass is 433 g/mol. The van der Waals surface area contributed by atoms with E-state index in [1.807, 2.05) is 24.3 Å². The lowest BCUT2D eigenvalue weighted by Crippen LogP contribution is -2.29. The fraction of sp³-hybridized carbons (Fsp3) is 0.435. The molecule has 6 nitrogen and oxygen atoms in total. The smallest absolute Gasteiger partial charge is 0.307 e. The Hall–Kier alpha value is -2.22. The Morgan fingerprint density at radius 2 is 1.63 bits per heavy atom. The normalized spacial score (nSPS) is 12.8. The minimum Gasteiger partial charge on any atom is -0.481 e. The number of sulfonamides is 1. The quantitative estimate of drug-likeness (QED) is 0.495. The Labute approximate surface area is 179 Å². The maximum absolute atomic E-state index is 12.3. The molecule has 0 fully saturated rings. The van der Waals surface area contributed by atoms with Crippen LogP contribution < -0.4 is 0 Å². The van der Waals surface area contributed by atoms with Crippen molar-refractivity contribution >= 4 is 16.0 Å². The van der Waals surface area contributed by atoms with Crippen molar-refractivity contribution in [1.82, 2.24) is 4.31 Å². The van der Waals surface area contributed by atoms with Crippen LogP contribution in [-0.4, -0.2) is 35.2 Å². The average molecular weight is 434 g/mol. The molecule has 0 aliphatic rings. The van der Waals surface area contributed by atoms with Crippen LogP contribution in [0.4, 0.5) is 0 Å². The zero-order valence-electron chi connectivity index (χ0n) is 17.6. The lowest BCUT2D eigenvalue weighted by molar-refractivity contribution is -0.136. The van der Waals surface area contributed by atoms with Gasteiger partial charge in [0.25, 0.3) is 0 Å². The average Bonchev–Trinajstić information content (AvgIpc) is 2.67. The highest BCUT2D eigenvalue weighted by atomic mass is 32.2. The van der Waals surface area contributed by atoms with E-state index in [0.29, 0.717) is 5.56 Å². The highest BCUT2D eigenvalue weighted by Gasteiger charge is 2.18. The van der Waals surface area contributed by atoms with E-state index in [2.05, 4.69) is 6.92 Å². The topological polar surface area (TPSA) is 94.9 Å². The molecule has 0 bridgehead atoms. The maximum atomic E-state index is 12.3. The van der Waals surface area contributed by atoms with Crippen molar-refractivity contribution < 1.29 is 23.4 Å². The minimum absolute atomic E-state index is 0.102. The molecule has 2 rings (SSSR count). The molecule has 0 saturated heterocycles. The SMILES string of the molecule is CCCCCC(O)c1ccc(CN(Cc2cccc(CC(=O)O)c2)S(C)(=O)=O)cc1. The van der Waals surface area contributed by atoms with Crippen molar-refractivity contribution in [1.29, 1.82) is 0 Å². The van der Waals surface area contributed by atoms with Crippen molar-refractivity contribution in [3.63, 3.8) is 0 Å². The number of unbranched alkanes of at least 4 members (excludes halogenated alkanes) is 2. The summed E-state index contributed by atoms with van der Waals surface area (Å²) in [6, 6.07) is 14.4. The number of carbonyl (C=O) groups is 1. The summed E-state index contributed by atoms with van der Waals surface area (Å²) in [5.74, 6) is -0.927. The Bertz CT molecular complexity index is 925. The largest absolute Gasteiger partial charge is 0.481 e. The van der Waals surface area contributed by atoms with E-state index >= 15 is 0 Å². The van der Waals surface area contributed by atoms with Crippen molar-refractivity contribution in [3.8, 4) is 0 Å². The van der Waals surface area contributed by atoms with Gasteiger partial charge in [-0.15, -0.1) is 0 Å². The summed E-state index contributed by atoms with van der Waals surface area (Å²) in [6.07, 6.45) is 4.44. The van der Waals surface area contributed by atoms with Gasteiger partial charge in [-0.25, -0.2) is 8.42 Å². The van der Waals surface area contributed by atoms with Gasteiger partial charge in [0, 0.05) is 13.1 Å². The van der Waals surface area contributed by atoms with Gasteiger partial charge in [-0.2, -0.15) is 4.31 Å². The lowest BCUT2D eigenvalue weighted by Gasteiger charge is -2.21. The van der Waals surface area contributed by atoms with Gasteiger partial charge in [0.05, 0.1) is 18.8 Å². The highest BCUT2D eigenvalue weighted by molar-refractivity contribution is 7.88. The predicted octanol–water partition coefficient (Wildman–Crippen LogP) is 3.89. The Morgan fingerprint density at radius 1 is 1.00 bits per heavy atom. The number of aliphatic carboxylic acids is 1. The number of aliphatic hydroxyl groups is 1. The molecule has 164 valence electrons. The molecule has 2 aromatic carbocycles. The van der Waals surface area contributed by atoms with E-state index in [1.54, 1.807) is 24.3 Å². The molecule has 7 heteroatoms. The van der Waals surface area contributed by atoms with Crippen LogP contribution in [0.2, 0.25) is 0 Å². The van der Waals surface area contributed by atoms with E-state index in [9.17, 15) is 18.3 Å². The molecule has 1 unspecified atom stereocenters. The zero-order chi connectivity index (χ0) is 22.1. The predicted molar refractivity (Wildman–Crippen MR) is 117 cm³/mol. The van der Waals surface area contributed by atoms with Gasteiger partial charge in [0.2, 0.25) is 10.0 Å². The van der Waals surface area contributed by atoms with E-state index < -0.39 is 22.1 Å². The first-order chi connectivity index (χ1) is 14.2. The molecule has 0 saturated carbocycles. The van der Waals surface area contributed by atoms with Gasteiger partial charge in [-0.3, -0.25) is 4.79 Å². The number of carboxylic acids is 1. The number of nitrogens with zero attached hydrogens (tertiary/aromatic N) is 1. The fourth-order valence-electron chi connectivity index (χ4n) is 3.31. The molecule has 0 aromatic heterocycles. The van der Waals surface area contributed by atoms with Crippen LogP contribution in [0, 0.1) is 0 Å². The van der Waals surface area contributed by atoms with E-state index in [1.165, 1.54) is 10.6 Å². The van der Waals surface area contributed by atoms with Crippen LogP contribution in [0.25, 0.3) is 0 Å². The van der Waals surface area contributed by atoms with Crippen LogP contribution in [0.1, 0.15) is 61.0 Å². The number of hydrogen-bond donors (Lipinski definition) is 2. The molecule has 0 heterocycles. The molecular formula is C23H31NO5S. The summed E-state index contributed by atoms with van der Waals surface area (Å²) in [5.41, 5.74) is 3.03. The summed E-state index contributed by atoms with van der Waals surface area (Å²) in [6.45, 7) is 2.49. The highest BCUT2D eigenvalue weighted by Crippen LogP contribution is 2.21. The summed E-state index contributed by atoms with van der Waals surface area (Å²) in [7, 11) is -3.47. The number of rotatable bonds is 12. The summed E-state index contributed by atoms with van der Waals surface area (Å²) in [5, 5.41) is 19.2. The first-order valence-corrected chi connectivity index (χ1v) is 12.1. The van der Waals surface area contributed by atoms with Crippen molar-refractivity contribution in [3.05, 3.63) is 70.8 Å². The number of benzene rings is 2. The molecule has 2 N–H and O–H groups in total. The maximum Gasteiger partial charge on any atom is 0.307 e. The van der Waals surface area contributed by atoms with Gasteiger partial charge in [-0.05, 0) is 28.7 Å². The Morgan fingerprint density at radius 3 is 2.23 bits per heavy atom. The standard InChI is InChI=1S/C23H31NO5S/c1-3-4-5-9-22(25)21-12-10-18(11-13-21)16-24(30(2,28)29)17-20-8-6-7-19(14-20)15-23(26)27/h6-8,10-14,22,25H,3-5,9,15-17H2,1-2H3,(H,26,27). The van der Waals surface area contributed by atoms with E-state index in [-0.39, 0.29) is 19.5 Å². The van der Waals surface area contributed by atoms with E-state index in [4.69, 9.17) is 5.11 Å². The first-order valence-electron chi connectivity index (χ1n) is 10.2. The summed E-state index contributed by atoms with van der Waals surface area (Å²) in [4.78, 5) is 10.9. The molecule has 1 atom stereocenters. The van der Waals surface area contributed by atoms with Crippen molar-refractivity contribution in [2.75, 3.05) is 6.26 Å². The lowest BCUT2D eigenvalue weighted by atomic mass is 10.0. The van der Waals surface area contributed by atoms with Gasteiger partial charge in [-0.1, -0.05) is 74.7 Å². The van der Waals surface area contributed by atoms with Crippen molar-refractivity contribution in [2.45, 2.75) is 58.2 Å². The molecule has 0 amide bonds. The molecule has 0 spiro atoms. The minimum atomic E-state index is -3.47. The van der Waals surface area contributed by atoms with Gasteiger partial charge < -0.3 is 10.2 Å². The summed E-state index contributed by atoms with van der Waals surface area (Å²) >= 11 is 0. The third-order valence-corrected chi connectivity index (χ3v) is 6.18. The third-order valence-electron chi connectivity index (χ3n) is 4.98. The second kappa shape index (κ2) is 11.2. The number of hydrogen-bond acceptors (Lipinski definition) is 4. The zero-order valence-corrected chi connectivity index (χ0v) is 18.4. The second-order valence-electron chi connectivity index (χ2n) is 7.67. The fourth-order valence-corrected chi connectivity index (χ4v) is 4.08. The molecule has 2 aromatic rings. The first kappa shape index (κ1) is 24.1.